The summed E-state index contributed by atoms with van der Waals surface area (Å²) in [5.41, 5.74) is 3.97. The van der Waals surface area contributed by atoms with Crippen LogP contribution in [0.1, 0.15) is 22.7 Å². The molecule has 0 amide bonds. The van der Waals surface area contributed by atoms with Crippen LogP contribution in [0.15, 0.2) is 45.6 Å². The molecular formula is C16H15FN2O2. The first-order chi connectivity index (χ1) is 10.1. The molecule has 5 heteroatoms. The number of hydrogen-bond donors (Lipinski definition) is 2. The minimum atomic E-state index is -0.471. The summed E-state index contributed by atoms with van der Waals surface area (Å²) < 4.78 is 18.3. The summed E-state index contributed by atoms with van der Waals surface area (Å²) in [6, 6.07) is 10.2. The molecule has 1 unspecified atom stereocenters. The molecule has 4 nitrogen and oxygen atoms in total. The maximum atomic E-state index is 13.3. The smallest absolute Gasteiger partial charge is 0.408 e. The molecule has 21 heavy (non-hydrogen) atoms. The highest BCUT2D eigenvalue weighted by Gasteiger charge is 2.16. The molecule has 0 fully saturated rings. The van der Waals surface area contributed by atoms with E-state index in [1.807, 2.05) is 26.1 Å². The Morgan fingerprint density at radius 2 is 2.05 bits per heavy atom. The molecule has 0 bridgehead atoms. The predicted octanol–water partition coefficient (Wildman–Crippen LogP) is 2.88. The van der Waals surface area contributed by atoms with E-state index in [1.54, 1.807) is 12.1 Å². The first-order valence-corrected chi connectivity index (χ1v) is 6.64. The van der Waals surface area contributed by atoms with Crippen LogP contribution in [0.5, 0.6) is 0 Å². The molecule has 2 aromatic carbocycles. The van der Waals surface area contributed by atoms with Gasteiger partial charge in [-0.3, -0.25) is 4.98 Å². The van der Waals surface area contributed by atoms with Crippen LogP contribution in [0, 0.1) is 12.7 Å². The molecule has 2 N–H and O–H groups in total. The van der Waals surface area contributed by atoms with Gasteiger partial charge in [-0.15, -0.1) is 0 Å². The molecule has 1 atom stereocenters. The summed E-state index contributed by atoms with van der Waals surface area (Å²) in [6.45, 7) is 1.87. The van der Waals surface area contributed by atoms with Gasteiger partial charge in [0, 0.05) is 0 Å². The summed E-state index contributed by atoms with van der Waals surface area (Å²) in [7, 11) is 1.84. The summed E-state index contributed by atoms with van der Waals surface area (Å²) in [5.74, 6) is -0.723. The zero-order valence-corrected chi connectivity index (χ0v) is 11.7. The van der Waals surface area contributed by atoms with E-state index in [0.29, 0.717) is 11.1 Å². The lowest BCUT2D eigenvalue weighted by Gasteiger charge is -2.19. The molecule has 0 saturated carbocycles. The van der Waals surface area contributed by atoms with Crippen LogP contribution in [-0.4, -0.2) is 12.0 Å². The third-order valence-electron chi connectivity index (χ3n) is 3.61. The van der Waals surface area contributed by atoms with E-state index in [9.17, 15) is 9.18 Å². The Morgan fingerprint density at radius 3 is 2.76 bits per heavy atom. The van der Waals surface area contributed by atoms with Crippen molar-refractivity contribution in [1.82, 2.24) is 10.3 Å². The molecule has 1 aromatic heterocycles. The highest BCUT2D eigenvalue weighted by Crippen LogP contribution is 2.27. The van der Waals surface area contributed by atoms with Gasteiger partial charge in [0.15, 0.2) is 5.58 Å². The number of hydrogen-bond acceptors (Lipinski definition) is 3. The van der Waals surface area contributed by atoms with Gasteiger partial charge in [-0.1, -0.05) is 12.1 Å². The van der Waals surface area contributed by atoms with Crippen molar-refractivity contribution in [2.24, 2.45) is 0 Å². The van der Waals surface area contributed by atoms with Crippen LogP contribution >= 0.6 is 0 Å². The van der Waals surface area contributed by atoms with Crippen molar-refractivity contribution in [3.8, 4) is 0 Å². The quantitative estimate of drug-likeness (QED) is 0.778. The van der Waals surface area contributed by atoms with Crippen LogP contribution in [0.2, 0.25) is 0 Å². The molecular weight excluding hydrogens is 271 g/mol. The van der Waals surface area contributed by atoms with Gasteiger partial charge in [0.25, 0.3) is 0 Å². The Morgan fingerprint density at radius 1 is 1.24 bits per heavy atom. The second-order valence-electron chi connectivity index (χ2n) is 4.99. The van der Waals surface area contributed by atoms with Gasteiger partial charge in [0.05, 0.1) is 11.6 Å². The zero-order chi connectivity index (χ0) is 15.0. The van der Waals surface area contributed by atoms with E-state index < -0.39 is 5.76 Å². The maximum Gasteiger partial charge on any atom is 0.417 e. The van der Waals surface area contributed by atoms with E-state index >= 15 is 0 Å². The maximum absolute atomic E-state index is 13.3. The highest BCUT2D eigenvalue weighted by atomic mass is 19.1. The topological polar surface area (TPSA) is 58.0 Å². The predicted molar refractivity (Wildman–Crippen MR) is 78.9 cm³/mol. The van der Waals surface area contributed by atoms with Crippen molar-refractivity contribution in [3.05, 3.63) is 69.5 Å². The van der Waals surface area contributed by atoms with Gasteiger partial charge in [-0.25, -0.2) is 9.18 Å². The van der Waals surface area contributed by atoms with Crippen molar-refractivity contribution in [1.29, 1.82) is 0 Å². The fourth-order valence-electron chi connectivity index (χ4n) is 2.61. The first kappa shape index (κ1) is 13.6. The van der Waals surface area contributed by atoms with Crippen LogP contribution in [0.25, 0.3) is 11.1 Å². The molecule has 108 valence electrons. The average molecular weight is 286 g/mol. The Balaban J connectivity index is 2.10. The van der Waals surface area contributed by atoms with Crippen LogP contribution in [0.4, 0.5) is 4.39 Å². The van der Waals surface area contributed by atoms with Gasteiger partial charge >= 0.3 is 5.76 Å². The molecule has 0 aliphatic rings. The number of halogens is 1. The zero-order valence-electron chi connectivity index (χ0n) is 11.7. The van der Waals surface area contributed by atoms with Crippen molar-refractivity contribution in [2.75, 3.05) is 7.05 Å². The van der Waals surface area contributed by atoms with Crippen LogP contribution < -0.4 is 11.1 Å². The van der Waals surface area contributed by atoms with E-state index in [-0.39, 0.29) is 11.9 Å². The summed E-state index contributed by atoms with van der Waals surface area (Å²) >= 11 is 0. The van der Waals surface area contributed by atoms with Crippen molar-refractivity contribution >= 4 is 11.1 Å². The number of nitrogens with one attached hydrogen (secondary N) is 2. The Bertz CT molecular complexity index is 851. The van der Waals surface area contributed by atoms with Crippen molar-refractivity contribution < 1.29 is 8.81 Å². The van der Waals surface area contributed by atoms with E-state index in [1.165, 1.54) is 12.1 Å². The lowest BCUT2D eigenvalue weighted by molar-refractivity contribution is 0.554. The second-order valence-corrected chi connectivity index (χ2v) is 4.99. The third kappa shape index (κ3) is 2.48. The van der Waals surface area contributed by atoms with Crippen LogP contribution in [0.3, 0.4) is 0 Å². The second kappa shape index (κ2) is 5.18. The number of aryl methyl sites for hydroxylation is 1. The monoisotopic (exact) mass is 286 g/mol. The number of oxazole rings is 1. The van der Waals surface area contributed by atoms with Gasteiger partial charge < -0.3 is 9.73 Å². The first-order valence-electron chi connectivity index (χ1n) is 6.64. The average Bonchev–Trinajstić information content (AvgIpc) is 2.81. The highest BCUT2D eigenvalue weighted by molar-refractivity contribution is 5.73. The number of rotatable bonds is 3. The molecule has 0 aliphatic carbocycles. The number of aromatic amines is 1. The third-order valence-corrected chi connectivity index (χ3v) is 3.61. The van der Waals surface area contributed by atoms with E-state index in [2.05, 4.69) is 10.3 Å². The van der Waals surface area contributed by atoms with Crippen LogP contribution in [-0.2, 0) is 0 Å². The van der Waals surface area contributed by atoms with Gasteiger partial charge in [-0.05, 0) is 54.9 Å². The molecule has 0 aliphatic heterocycles. The molecule has 3 aromatic rings. The fourth-order valence-corrected chi connectivity index (χ4v) is 2.61. The Kier molecular flexibility index (Phi) is 3.35. The molecule has 0 saturated heterocycles. The molecule has 3 rings (SSSR count). The number of fused-ring (bicyclic) bond motifs is 1. The van der Waals surface area contributed by atoms with Crippen molar-refractivity contribution in [3.63, 3.8) is 0 Å². The van der Waals surface area contributed by atoms with Gasteiger partial charge in [-0.2, -0.15) is 0 Å². The standard InChI is InChI=1S/C16H15FN2O2/c1-9-7-11(17)4-5-12(9)15(18-2)10-3-6-13-14(8-10)21-16(20)19-13/h3-8,15,18H,1-2H3,(H,19,20). The summed E-state index contributed by atoms with van der Waals surface area (Å²) in [5, 5.41) is 3.21. The van der Waals surface area contributed by atoms with E-state index in [4.69, 9.17) is 4.42 Å². The lowest BCUT2D eigenvalue weighted by atomic mass is 9.95. The van der Waals surface area contributed by atoms with E-state index in [0.717, 1.165) is 16.7 Å². The minimum Gasteiger partial charge on any atom is -0.408 e. The number of H-pyrrole nitrogens is 1. The summed E-state index contributed by atoms with van der Waals surface area (Å²) in [4.78, 5) is 13.8. The summed E-state index contributed by atoms with van der Waals surface area (Å²) in [6.07, 6.45) is 0. The number of benzene rings is 2. The largest absolute Gasteiger partial charge is 0.417 e. The minimum absolute atomic E-state index is 0.102. The lowest BCUT2D eigenvalue weighted by Crippen LogP contribution is -2.18. The van der Waals surface area contributed by atoms with Crippen molar-refractivity contribution in [2.45, 2.75) is 13.0 Å². The molecule has 0 radical (unpaired) electrons. The normalized spacial score (nSPS) is 12.7. The molecule has 0 spiro atoms. The Hall–Kier alpha value is -2.40. The SMILES string of the molecule is CNC(c1ccc2[nH]c(=O)oc2c1)c1ccc(F)cc1C. The van der Waals surface area contributed by atoms with Gasteiger partial charge in [0.1, 0.15) is 5.82 Å². The van der Waals surface area contributed by atoms with Gasteiger partial charge in [0.2, 0.25) is 0 Å². The molecule has 1 heterocycles. The number of aromatic nitrogens is 1. The fraction of sp³-hybridized carbons (Fsp3) is 0.188. The Labute approximate surface area is 120 Å².